The molecule has 0 saturated heterocycles. The molecule has 96 valence electrons. The summed E-state index contributed by atoms with van der Waals surface area (Å²) >= 11 is 6.03. The number of ether oxygens (including phenoxy) is 1. The lowest BCUT2D eigenvalue weighted by molar-refractivity contribution is 0.142. The van der Waals surface area contributed by atoms with Gasteiger partial charge >= 0.3 is 0 Å². The molecule has 1 unspecified atom stereocenters. The van der Waals surface area contributed by atoms with Gasteiger partial charge in [-0.2, -0.15) is 0 Å². The quantitative estimate of drug-likeness (QED) is 0.719. The zero-order chi connectivity index (χ0) is 12.5. The summed E-state index contributed by atoms with van der Waals surface area (Å²) in [7, 11) is 1.99. The monoisotopic (exact) mass is 255 g/mol. The molecule has 1 aromatic rings. The largest absolute Gasteiger partial charge is 0.382 e. The van der Waals surface area contributed by atoms with Crippen molar-refractivity contribution in [2.45, 2.75) is 25.7 Å². The van der Waals surface area contributed by atoms with Crippen molar-refractivity contribution in [3.8, 4) is 0 Å². The number of nitrogens with one attached hydrogen (secondary N) is 1. The molecule has 0 saturated carbocycles. The van der Waals surface area contributed by atoms with Gasteiger partial charge in [0.15, 0.2) is 0 Å². The molecule has 2 nitrogen and oxygen atoms in total. The summed E-state index contributed by atoms with van der Waals surface area (Å²) in [6.45, 7) is 4.65. The summed E-state index contributed by atoms with van der Waals surface area (Å²) < 4.78 is 5.38. The van der Waals surface area contributed by atoms with E-state index in [9.17, 15) is 0 Å². The molecule has 0 aromatic heterocycles. The van der Waals surface area contributed by atoms with Crippen molar-refractivity contribution in [1.82, 2.24) is 5.32 Å². The van der Waals surface area contributed by atoms with Crippen molar-refractivity contribution in [2.24, 2.45) is 0 Å². The predicted octanol–water partition coefficient (Wildman–Crippen LogP) is 3.46. The molecule has 0 aliphatic heterocycles. The van der Waals surface area contributed by atoms with Crippen LogP contribution in [0.1, 0.15) is 31.2 Å². The van der Waals surface area contributed by atoms with E-state index in [1.54, 1.807) is 0 Å². The molecule has 1 N–H and O–H groups in total. The van der Waals surface area contributed by atoms with Gasteiger partial charge in [-0.15, -0.1) is 0 Å². The van der Waals surface area contributed by atoms with E-state index in [1.807, 2.05) is 26.1 Å². The van der Waals surface area contributed by atoms with Crippen LogP contribution in [0.2, 0.25) is 5.02 Å². The van der Waals surface area contributed by atoms with Crippen molar-refractivity contribution in [1.29, 1.82) is 0 Å². The first kappa shape index (κ1) is 14.5. The van der Waals surface area contributed by atoms with Gasteiger partial charge in [-0.3, -0.25) is 0 Å². The lowest BCUT2D eigenvalue weighted by atomic mass is 9.94. The number of hydrogen-bond donors (Lipinski definition) is 1. The van der Waals surface area contributed by atoms with E-state index in [1.165, 1.54) is 5.56 Å². The summed E-state index contributed by atoms with van der Waals surface area (Å²) in [4.78, 5) is 0. The lowest BCUT2D eigenvalue weighted by Gasteiger charge is -2.17. The van der Waals surface area contributed by atoms with Crippen LogP contribution in [0.5, 0.6) is 0 Å². The van der Waals surface area contributed by atoms with E-state index in [4.69, 9.17) is 16.3 Å². The Kier molecular flexibility index (Phi) is 7.25. The summed E-state index contributed by atoms with van der Waals surface area (Å²) in [5, 5.41) is 4.06. The number of hydrogen-bond acceptors (Lipinski definition) is 2. The highest BCUT2D eigenvalue weighted by atomic mass is 35.5. The molecule has 17 heavy (non-hydrogen) atoms. The fourth-order valence-electron chi connectivity index (χ4n) is 1.97. The molecule has 1 rings (SSSR count). The molecule has 0 heterocycles. The molecule has 0 spiro atoms. The highest BCUT2D eigenvalue weighted by molar-refractivity contribution is 6.30. The Morgan fingerprint density at radius 3 is 2.88 bits per heavy atom. The van der Waals surface area contributed by atoms with Crippen LogP contribution in [0.4, 0.5) is 0 Å². The fourth-order valence-corrected chi connectivity index (χ4v) is 2.17. The Balaban J connectivity index is 2.52. The predicted molar refractivity (Wildman–Crippen MR) is 73.8 cm³/mol. The second-order valence-electron chi connectivity index (χ2n) is 4.15. The van der Waals surface area contributed by atoms with Gasteiger partial charge in [-0.1, -0.05) is 23.7 Å². The maximum Gasteiger partial charge on any atom is 0.0466 e. The van der Waals surface area contributed by atoms with Crippen LogP contribution in [0.25, 0.3) is 0 Å². The molecule has 0 amide bonds. The van der Waals surface area contributed by atoms with Gasteiger partial charge in [0.05, 0.1) is 0 Å². The molecule has 0 bridgehead atoms. The van der Waals surface area contributed by atoms with E-state index < -0.39 is 0 Å². The third kappa shape index (κ3) is 5.53. The lowest BCUT2D eigenvalue weighted by Crippen LogP contribution is -2.17. The van der Waals surface area contributed by atoms with Crippen molar-refractivity contribution < 1.29 is 4.74 Å². The average Bonchev–Trinajstić information content (AvgIpc) is 2.33. The SMILES string of the molecule is CCOCCCC(CNC)c1cccc(Cl)c1. The van der Waals surface area contributed by atoms with E-state index in [0.717, 1.165) is 37.6 Å². The highest BCUT2D eigenvalue weighted by Crippen LogP contribution is 2.23. The second-order valence-corrected chi connectivity index (χ2v) is 4.59. The van der Waals surface area contributed by atoms with Gasteiger partial charge in [0.1, 0.15) is 0 Å². The first-order valence-electron chi connectivity index (χ1n) is 6.25. The summed E-state index contributed by atoms with van der Waals surface area (Å²) in [6, 6.07) is 8.14. The number of halogens is 1. The highest BCUT2D eigenvalue weighted by Gasteiger charge is 2.10. The van der Waals surface area contributed by atoms with Crippen LogP contribution in [0, 0.1) is 0 Å². The Labute approximate surface area is 109 Å². The normalized spacial score (nSPS) is 12.6. The topological polar surface area (TPSA) is 21.3 Å². The van der Waals surface area contributed by atoms with Gasteiger partial charge in [0.25, 0.3) is 0 Å². The number of rotatable bonds is 8. The smallest absolute Gasteiger partial charge is 0.0466 e. The molecular weight excluding hydrogens is 234 g/mol. The van der Waals surface area contributed by atoms with Crippen LogP contribution in [-0.4, -0.2) is 26.8 Å². The first-order chi connectivity index (χ1) is 8.27. The van der Waals surface area contributed by atoms with Gasteiger partial charge in [-0.05, 0) is 50.4 Å². The minimum absolute atomic E-state index is 0.513. The number of benzene rings is 1. The van der Waals surface area contributed by atoms with Crippen LogP contribution in [0.15, 0.2) is 24.3 Å². The van der Waals surface area contributed by atoms with Gasteiger partial charge in [0.2, 0.25) is 0 Å². The molecular formula is C14H22ClNO. The van der Waals surface area contributed by atoms with Crippen LogP contribution < -0.4 is 5.32 Å². The third-order valence-electron chi connectivity index (χ3n) is 2.82. The van der Waals surface area contributed by atoms with Crippen molar-refractivity contribution in [3.05, 3.63) is 34.9 Å². The van der Waals surface area contributed by atoms with E-state index in [-0.39, 0.29) is 0 Å². The van der Waals surface area contributed by atoms with Crippen LogP contribution in [-0.2, 0) is 4.74 Å². The Bertz CT molecular complexity index is 317. The minimum Gasteiger partial charge on any atom is -0.382 e. The van der Waals surface area contributed by atoms with E-state index in [0.29, 0.717) is 5.92 Å². The minimum atomic E-state index is 0.513. The maximum absolute atomic E-state index is 6.03. The molecule has 0 radical (unpaired) electrons. The van der Waals surface area contributed by atoms with Gasteiger partial charge < -0.3 is 10.1 Å². The Morgan fingerprint density at radius 1 is 1.41 bits per heavy atom. The zero-order valence-corrected chi connectivity index (χ0v) is 11.5. The van der Waals surface area contributed by atoms with Gasteiger partial charge in [0, 0.05) is 24.8 Å². The average molecular weight is 256 g/mol. The second kappa shape index (κ2) is 8.51. The van der Waals surface area contributed by atoms with Crippen molar-refractivity contribution in [2.75, 3.05) is 26.8 Å². The molecule has 3 heteroatoms. The summed E-state index contributed by atoms with van der Waals surface area (Å²) in [6.07, 6.45) is 2.22. The molecule has 0 aliphatic rings. The molecule has 0 aliphatic carbocycles. The Hall–Kier alpha value is -0.570. The van der Waals surface area contributed by atoms with E-state index in [2.05, 4.69) is 17.4 Å². The maximum atomic E-state index is 6.03. The zero-order valence-electron chi connectivity index (χ0n) is 10.7. The molecule has 0 fully saturated rings. The van der Waals surface area contributed by atoms with Crippen molar-refractivity contribution in [3.63, 3.8) is 0 Å². The molecule has 1 aromatic carbocycles. The summed E-state index contributed by atoms with van der Waals surface area (Å²) in [5.74, 6) is 0.513. The molecule has 1 atom stereocenters. The standard InChI is InChI=1S/C14H22ClNO/c1-3-17-9-5-7-13(11-16-2)12-6-4-8-14(15)10-12/h4,6,8,10,13,16H,3,5,7,9,11H2,1-2H3. The van der Waals surface area contributed by atoms with Crippen LogP contribution >= 0.6 is 11.6 Å². The first-order valence-corrected chi connectivity index (χ1v) is 6.63. The number of likely N-dealkylation sites (N-methyl/N-ethyl adjacent to an activating group) is 1. The van der Waals surface area contributed by atoms with Gasteiger partial charge in [-0.25, -0.2) is 0 Å². The van der Waals surface area contributed by atoms with Crippen LogP contribution in [0.3, 0.4) is 0 Å². The van der Waals surface area contributed by atoms with Crippen molar-refractivity contribution >= 4 is 11.6 Å². The Morgan fingerprint density at radius 2 is 2.24 bits per heavy atom. The third-order valence-corrected chi connectivity index (χ3v) is 3.05. The van der Waals surface area contributed by atoms with E-state index >= 15 is 0 Å². The fraction of sp³-hybridized carbons (Fsp3) is 0.571. The summed E-state index contributed by atoms with van der Waals surface area (Å²) in [5.41, 5.74) is 1.31.